The van der Waals surface area contributed by atoms with Gasteiger partial charge in [0.15, 0.2) is 12.6 Å². The highest BCUT2D eigenvalue weighted by Crippen LogP contribution is 2.26. The molecule has 0 aromatic heterocycles. The van der Waals surface area contributed by atoms with Crippen molar-refractivity contribution in [2.45, 2.75) is 51.4 Å². The molecule has 0 radical (unpaired) electrons. The normalized spacial score (nSPS) is 14.8. The Morgan fingerprint density at radius 1 is 1.14 bits per heavy atom. The molecule has 1 aromatic rings. The first-order valence-electron chi connectivity index (χ1n) is 10.1. The maximum Gasteiger partial charge on any atom is 0.255 e. The van der Waals surface area contributed by atoms with Crippen LogP contribution >= 0.6 is 24.0 Å². The van der Waals surface area contributed by atoms with Gasteiger partial charge in [-0.15, -0.1) is 24.0 Å². The number of nitrogens with two attached hydrogens (primary N) is 1. The van der Waals surface area contributed by atoms with Crippen molar-refractivity contribution in [2.75, 3.05) is 26.7 Å². The van der Waals surface area contributed by atoms with E-state index in [4.69, 9.17) is 10.5 Å². The van der Waals surface area contributed by atoms with Gasteiger partial charge in [-0.3, -0.25) is 9.79 Å². The van der Waals surface area contributed by atoms with Crippen LogP contribution in [0.1, 0.15) is 50.5 Å². The van der Waals surface area contributed by atoms with Crippen LogP contribution in [0.15, 0.2) is 29.3 Å². The summed E-state index contributed by atoms with van der Waals surface area (Å²) in [5.41, 5.74) is 6.27. The van der Waals surface area contributed by atoms with E-state index in [0.717, 1.165) is 31.4 Å². The predicted octanol–water partition coefficient (Wildman–Crippen LogP) is 3.24. The SMILES string of the molecule is CN=C(NCCCC1CCCCC1)NCCc1ccc(OCC(N)=O)cc1.I. The van der Waals surface area contributed by atoms with Gasteiger partial charge in [-0.2, -0.15) is 0 Å². The second-order valence-electron chi connectivity index (χ2n) is 7.22. The lowest BCUT2D eigenvalue weighted by Gasteiger charge is -2.21. The lowest BCUT2D eigenvalue weighted by atomic mass is 9.86. The van der Waals surface area contributed by atoms with Gasteiger partial charge in [0.05, 0.1) is 0 Å². The summed E-state index contributed by atoms with van der Waals surface area (Å²) in [6.07, 6.45) is 10.5. The standard InChI is InChI=1S/C21H34N4O2.HI/c1-23-21(24-14-5-8-17-6-3-2-4-7-17)25-15-13-18-9-11-19(12-10-18)27-16-20(22)26;/h9-12,17H,2-8,13-16H2,1H3,(H2,22,26)(H2,23,24,25);1H. The molecule has 0 bridgehead atoms. The summed E-state index contributed by atoms with van der Waals surface area (Å²) in [5, 5.41) is 6.76. The molecule has 0 heterocycles. The first-order valence-corrected chi connectivity index (χ1v) is 10.1. The molecule has 1 saturated carbocycles. The number of primary amides is 1. The third-order valence-corrected chi connectivity index (χ3v) is 5.04. The molecular formula is C21H35IN4O2. The minimum absolute atomic E-state index is 0. The molecule has 6 nitrogen and oxygen atoms in total. The predicted molar refractivity (Wildman–Crippen MR) is 125 cm³/mol. The van der Waals surface area contributed by atoms with Crippen LogP contribution in [0.25, 0.3) is 0 Å². The maximum absolute atomic E-state index is 10.7. The summed E-state index contributed by atoms with van der Waals surface area (Å²) in [6.45, 7) is 1.69. The fourth-order valence-electron chi connectivity index (χ4n) is 3.53. The van der Waals surface area contributed by atoms with Gasteiger partial charge in [-0.25, -0.2) is 0 Å². The average molecular weight is 502 g/mol. The van der Waals surface area contributed by atoms with Crippen molar-refractivity contribution >= 4 is 35.8 Å². The Kier molecular flexibility index (Phi) is 12.7. The van der Waals surface area contributed by atoms with E-state index in [-0.39, 0.29) is 30.6 Å². The zero-order valence-corrected chi connectivity index (χ0v) is 19.2. The van der Waals surface area contributed by atoms with Crippen LogP contribution in [0.3, 0.4) is 0 Å². The van der Waals surface area contributed by atoms with Crippen LogP contribution in [0.5, 0.6) is 5.75 Å². The Bertz CT molecular complexity index is 587. The van der Waals surface area contributed by atoms with E-state index in [1.165, 1.54) is 50.5 Å². The number of guanidine groups is 1. The summed E-state index contributed by atoms with van der Waals surface area (Å²) in [5.74, 6) is 1.98. The van der Waals surface area contributed by atoms with Crippen molar-refractivity contribution in [3.05, 3.63) is 29.8 Å². The summed E-state index contributed by atoms with van der Waals surface area (Å²) in [7, 11) is 1.81. The van der Waals surface area contributed by atoms with Crippen molar-refractivity contribution in [1.82, 2.24) is 10.6 Å². The quantitative estimate of drug-likeness (QED) is 0.198. The smallest absolute Gasteiger partial charge is 0.255 e. The van der Waals surface area contributed by atoms with Crippen molar-refractivity contribution in [2.24, 2.45) is 16.6 Å². The zero-order chi connectivity index (χ0) is 19.3. The molecule has 7 heteroatoms. The number of hydrogen-bond acceptors (Lipinski definition) is 3. The Morgan fingerprint density at radius 2 is 1.82 bits per heavy atom. The van der Waals surface area contributed by atoms with E-state index >= 15 is 0 Å². The van der Waals surface area contributed by atoms with Gasteiger partial charge >= 0.3 is 0 Å². The minimum Gasteiger partial charge on any atom is -0.484 e. The monoisotopic (exact) mass is 502 g/mol. The van der Waals surface area contributed by atoms with Crippen molar-refractivity contribution in [3.63, 3.8) is 0 Å². The molecule has 0 unspecified atom stereocenters. The molecule has 28 heavy (non-hydrogen) atoms. The number of nitrogens with zero attached hydrogens (tertiary/aromatic N) is 1. The summed E-state index contributed by atoms with van der Waals surface area (Å²) in [4.78, 5) is 15.0. The average Bonchev–Trinajstić information content (AvgIpc) is 2.70. The van der Waals surface area contributed by atoms with E-state index in [9.17, 15) is 4.79 Å². The van der Waals surface area contributed by atoms with Crippen LogP contribution in [0.2, 0.25) is 0 Å². The highest BCUT2D eigenvalue weighted by molar-refractivity contribution is 14.0. The minimum atomic E-state index is -0.471. The van der Waals surface area contributed by atoms with Crippen LogP contribution in [0.4, 0.5) is 0 Å². The molecule has 1 aromatic carbocycles. The number of benzene rings is 1. The Balaban J connectivity index is 0.00000392. The van der Waals surface area contributed by atoms with Gasteiger partial charge in [0.1, 0.15) is 5.75 Å². The molecule has 1 aliphatic rings. The third kappa shape index (κ3) is 10.1. The number of carbonyl (C=O) groups is 1. The van der Waals surface area contributed by atoms with E-state index in [1.54, 1.807) is 7.05 Å². The Hall–Kier alpha value is -1.51. The molecule has 1 fully saturated rings. The molecule has 1 amide bonds. The number of rotatable bonds is 10. The molecule has 0 atom stereocenters. The van der Waals surface area contributed by atoms with Crippen LogP contribution in [-0.2, 0) is 11.2 Å². The van der Waals surface area contributed by atoms with Crippen molar-refractivity contribution in [3.8, 4) is 5.75 Å². The second kappa shape index (κ2) is 14.5. The Labute approximate surface area is 186 Å². The number of halogens is 1. The molecule has 2 rings (SSSR count). The summed E-state index contributed by atoms with van der Waals surface area (Å²) < 4.78 is 5.26. The first kappa shape index (κ1) is 24.5. The number of carbonyl (C=O) groups excluding carboxylic acids is 1. The molecule has 4 N–H and O–H groups in total. The van der Waals surface area contributed by atoms with Crippen molar-refractivity contribution in [1.29, 1.82) is 0 Å². The van der Waals surface area contributed by atoms with E-state index in [2.05, 4.69) is 15.6 Å². The van der Waals surface area contributed by atoms with Gasteiger partial charge < -0.3 is 21.1 Å². The number of hydrogen-bond donors (Lipinski definition) is 3. The van der Waals surface area contributed by atoms with Gasteiger partial charge in [-0.05, 0) is 42.9 Å². The molecule has 1 aliphatic carbocycles. The molecule has 0 aliphatic heterocycles. The van der Waals surface area contributed by atoms with E-state index in [1.807, 2.05) is 24.3 Å². The zero-order valence-electron chi connectivity index (χ0n) is 16.9. The van der Waals surface area contributed by atoms with Crippen molar-refractivity contribution < 1.29 is 9.53 Å². The molecule has 0 spiro atoms. The fourth-order valence-corrected chi connectivity index (χ4v) is 3.53. The van der Waals surface area contributed by atoms with Crippen LogP contribution < -0.4 is 21.1 Å². The number of ether oxygens (including phenoxy) is 1. The largest absolute Gasteiger partial charge is 0.484 e. The lowest BCUT2D eigenvalue weighted by Crippen LogP contribution is -2.38. The molecule has 0 saturated heterocycles. The van der Waals surface area contributed by atoms with E-state index in [0.29, 0.717) is 5.75 Å². The topological polar surface area (TPSA) is 88.7 Å². The lowest BCUT2D eigenvalue weighted by molar-refractivity contribution is -0.119. The van der Waals surface area contributed by atoms with Gasteiger partial charge in [0, 0.05) is 20.1 Å². The van der Waals surface area contributed by atoms with Crippen LogP contribution in [-0.4, -0.2) is 38.6 Å². The Morgan fingerprint density at radius 3 is 2.46 bits per heavy atom. The summed E-state index contributed by atoms with van der Waals surface area (Å²) in [6, 6.07) is 7.71. The highest BCUT2D eigenvalue weighted by atomic mass is 127. The van der Waals surface area contributed by atoms with E-state index < -0.39 is 5.91 Å². The number of amides is 1. The second-order valence-corrected chi connectivity index (χ2v) is 7.22. The van der Waals surface area contributed by atoms with Gasteiger partial charge in [-0.1, -0.05) is 44.2 Å². The van der Waals surface area contributed by atoms with Gasteiger partial charge in [0.25, 0.3) is 5.91 Å². The molecular weight excluding hydrogens is 467 g/mol. The maximum atomic E-state index is 10.7. The van der Waals surface area contributed by atoms with Crippen LogP contribution in [0, 0.1) is 5.92 Å². The van der Waals surface area contributed by atoms with Gasteiger partial charge in [0.2, 0.25) is 0 Å². The molecule has 158 valence electrons. The number of nitrogens with one attached hydrogen (secondary N) is 2. The first-order chi connectivity index (χ1) is 13.2. The third-order valence-electron chi connectivity index (χ3n) is 5.04. The fraction of sp³-hybridized carbons (Fsp3) is 0.619. The highest BCUT2D eigenvalue weighted by Gasteiger charge is 2.12. The number of aliphatic imine (C=N–C) groups is 1. The summed E-state index contributed by atoms with van der Waals surface area (Å²) >= 11 is 0.